The number of hydrogen-bond acceptors (Lipinski definition) is 3. The van der Waals surface area contributed by atoms with E-state index >= 15 is 0 Å². The molecule has 1 N–H and O–H groups in total. The lowest BCUT2D eigenvalue weighted by atomic mass is 10.2. The van der Waals surface area contributed by atoms with E-state index in [0.717, 1.165) is 25.1 Å². The number of para-hydroxylation sites is 1. The largest absolute Gasteiger partial charge is 0.464 e. The Kier molecular flexibility index (Phi) is 3.44. The molecule has 3 rings (SSSR count). The van der Waals surface area contributed by atoms with Crippen LogP contribution >= 0.6 is 11.3 Å². The molecule has 0 fully saturated rings. The zero-order valence-electron chi connectivity index (χ0n) is 10.1. The molecule has 18 heavy (non-hydrogen) atoms. The fourth-order valence-corrected chi connectivity index (χ4v) is 2.77. The summed E-state index contributed by atoms with van der Waals surface area (Å²) < 4.78 is 5.51. The molecule has 3 heteroatoms. The highest BCUT2D eigenvalue weighted by molar-refractivity contribution is 7.09. The van der Waals surface area contributed by atoms with Crippen LogP contribution < -0.4 is 5.32 Å². The molecule has 0 aliphatic carbocycles. The Morgan fingerprint density at radius 1 is 1.11 bits per heavy atom. The zero-order chi connectivity index (χ0) is 12.2. The smallest absolute Gasteiger partial charge is 0.134 e. The minimum absolute atomic E-state index is 0.863. The van der Waals surface area contributed by atoms with Gasteiger partial charge < -0.3 is 9.73 Å². The first kappa shape index (κ1) is 11.5. The highest BCUT2D eigenvalue weighted by atomic mass is 32.1. The molecule has 0 spiro atoms. The molecule has 0 aliphatic heterocycles. The average molecular weight is 257 g/mol. The third kappa shape index (κ3) is 2.47. The van der Waals surface area contributed by atoms with Crippen LogP contribution in [0.3, 0.4) is 0 Å². The summed E-state index contributed by atoms with van der Waals surface area (Å²) >= 11 is 1.81. The Bertz CT molecular complexity index is 612. The van der Waals surface area contributed by atoms with Gasteiger partial charge in [0.25, 0.3) is 0 Å². The van der Waals surface area contributed by atoms with Crippen molar-refractivity contribution in [2.75, 3.05) is 6.54 Å². The van der Waals surface area contributed by atoms with Crippen molar-refractivity contribution in [2.24, 2.45) is 0 Å². The Labute approximate surface area is 110 Å². The quantitative estimate of drug-likeness (QED) is 0.703. The first-order chi connectivity index (χ1) is 8.93. The maximum atomic E-state index is 5.51. The van der Waals surface area contributed by atoms with Crippen LogP contribution in [0.25, 0.3) is 11.0 Å². The monoisotopic (exact) mass is 257 g/mol. The molecule has 0 saturated heterocycles. The van der Waals surface area contributed by atoms with Crippen LogP contribution in [0.5, 0.6) is 0 Å². The summed E-state index contributed by atoms with van der Waals surface area (Å²) in [6.45, 7) is 1.86. The molecule has 2 nitrogen and oxygen atoms in total. The van der Waals surface area contributed by atoms with Gasteiger partial charge in [-0.2, -0.15) is 0 Å². The predicted octanol–water partition coefficient (Wildman–Crippen LogP) is 3.83. The molecule has 92 valence electrons. The van der Waals surface area contributed by atoms with Crippen molar-refractivity contribution in [3.63, 3.8) is 0 Å². The Hall–Kier alpha value is -1.58. The highest BCUT2D eigenvalue weighted by Gasteiger charge is 2.03. The van der Waals surface area contributed by atoms with Crippen molar-refractivity contribution in [3.8, 4) is 0 Å². The lowest BCUT2D eigenvalue weighted by Crippen LogP contribution is -2.15. The molecular weight excluding hydrogens is 242 g/mol. The van der Waals surface area contributed by atoms with Gasteiger partial charge in [-0.05, 0) is 23.9 Å². The molecule has 2 aromatic heterocycles. The van der Waals surface area contributed by atoms with E-state index in [1.165, 1.54) is 15.8 Å². The summed E-state index contributed by atoms with van der Waals surface area (Å²) in [5.74, 6) is 0. The second-order valence-electron chi connectivity index (χ2n) is 4.26. The third-order valence-electron chi connectivity index (χ3n) is 3.00. The molecular formula is C15H15NOS. The first-order valence-electron chi connectivity index (χ1n) is 6.12. The van der Waals surface area contributed by atoms with Gasteiger partial charge in [0.1, 0.15) is 5.58 Å². The molecule has 3 aromatic rings. The minimum atomic E-state index is 0.863. The lowest BCUT2D eigenvalue weighted by molar-refractivity contribution is 0.602. The summed E-state index contributed by atoms with van der Waals surface area (Å²) in [6, 6.07) is 12.4. The van der Waals surface area contributed by atoms with E-state index in [0.29, 0.717) is 0 Å². The van der Waals surface area contributed by atoms with E-state index in [2.05, 4.69) is 28.9 Å². The molecule has 2 heterocycles. The van der Waals surface area contributed by atoms with E-state index in [1.54, 1.807) is 0 Å². The van der Waals surface area contributed by atoms with E-state index in [1.807, 2.05) is 35.8 Å². The molecule has 0 aliphatic rings. The normalized spacial score (nSPS) is 11.1. The van der Waals surface area contributed by atoms with Crippen LogP contribution in [0.4, 0.5) is 0 Å². The van der Waals surface area contributed by atoms with Crippen molar-refractivity contribution in [3.05, 3.63) is 58.5 Å². The van der Waals surface area contributed by atoms with Gasteiger partial charge in [-0.25, -0.2) is 0 Å². The van der Waals surface area contributed by atoms with Crippen LogP contribution in [-0.2, 0) is 13.0 Å². The maximum Gasteiger partial charge on any atom is 0.134 e. The summed E-state index contributed by atoms with van der Waals surface area (Å²) in [5.41, 5.74) is 2.20. The van der Waals surface area contributed by atoms with Gasteiger partial charge >= 0.3 is 0 Å². The minimum Gasteiger partial charge on any atom is -0.464 e. The van der Waals surface area contributed by atoms with Gasteiger partial charge in [0, 0.05) is 28.9 Å². The number of furan rings is 1. The Balaban J connectivity index is 1.57. The third-order valence-corrected chi connectivity index (χ3v) is 3.94. The Morgan fingerprint density at radius 3 is 2.94 bits per heavy atom. The van der Waals surface area contributed by atoms with Crippen LogP contribution in [0.1, 0.15) is 10.4 Å². The summed E-state index contributed by atoms with van der Waals surface area (Å²) in [7, 11) is 0. The highest BCUT2D eigenvalue weighted by Crippen LogP contribution is 2.20. The van der Waals surface area contributed by atoms with Gasteiger partial charge in [0.2, 0.25) is 0 Å². The average Bonchev–Trinajstić information content (AvgIpc) is 3.04. The number of benzene rings is 1. The summed E-state index contributed by atoms with van der Waals surface area (Å²) in [5, 5.41) is 6.80. The number of fused-ring (bicyclic) bond motifs is 1. The summed E-state index contributed by atoms with van der Waals surface area (Å²) in [4.78, 5) is 1.43. The van der Waals surface area contributed by atoms with Crippen molar-refractivity contribution in [1.82, 2.24) is 5.32 Å². The van der Waals surface area contributed by atoms with E-state index in [-0.39, 0.29) is 0 Å². The van der Waals surface area contributed by atoms with Crippen molar-refractivity contribution in [1.29, 1.82) is 0 Å². The standard InChI is InChI=1S/C15H15NOS/c1-2-6-15-14(5-1)12(11-17-15)10-16-8-7-13-4-3-9-18-13/h1-6,9,11,16H,7-8,10H2. The predicted molar refractivity (Wildman–Crippen MR) is 75.9 cm³/mol. The fourth-order valence-electron chi connectivity index (χ4n) is 2.06. The molecule has 0 amide bonds. The van der Waals surface area contributed by atoms with Crippen LogP contribution in [0, 0.1) is 0 Å². The maximum absolute atomic E-state index is 5.51. The second kappa shape index (κ2) is 5.38. The molecule has 0 bridgehead atoms. The SMILES string of the molecule is c1csc(CCNCc2coc3ccccc23)c1. The van der Waals surface area contributed by atoms with Gasteiger partial charge in [0.15, 0.2) is 0 Å². The van der Waals surface area contributed by atoms with Crippen LogP contribution in [0.2, 0.25) is 0 Å². The Morgan fingerprint density at radius 2 is 2.06 bits per heavy atom. The lowest BCUT2D eigenvalue weighted by Gasteiger charge is -2.02. The van der Waals surface area contributed by atoms with E-state index < -0.39 is 0 Å². The number of hydrogen-bond donors (Lipinski definition) is 1. The van der Waals surface area contributed by atoms with Gasteiger partial charge in [-0.15, -0.1) is 11.3 Å². The first-order valence-corrected chi connectivity index (χ1v) is 6.99. The van der Waals surface area contributed by atoms with Crippen molar-refractivity contribution >= 4 is 22.3 Å². The second-order valence-corrected chi connectivity index (χ2v) is 5.30. The molecule has 0 radical (unpaired) electrons. The number of rotatable bonds is 5. The molecule has 1 aromatic carbocycles. The summed E-state index contributed by atoms with van der Waals surface area (Å²) in [6.07, 6.45) is 2.94. The van der Waals surface area contributed by atoms with Gasteiger partial charge in [-0.3, -0.25) is 0 Å². The molecule has 0 atom stereocenters. The zero-order valence-corrected chi connectivity index (χ0v) is 10.9. The number of thiophene rings is 1. The fraction of sp³-hybridized carbons (Fsp3) is 0.200. The van der Waals surface area contributed by atoms with Crippen molar-refractivity contribution < 1.29 is 4.42 Å². The van der Waals surface area contributed by atoms with Crippen LogP contribution in [0.15, 0.2) is 52.5 Å². The van der Waals surface area contributed by atoms with E-state index in [4.69, 9.17) is 4.42 Å². The molecule has 0 unspecified atom stereocenters. The van der Waals surface area contributed by atoms with Crippen molar-refractivity contribution in [2.45, 2.75) is 13.0 Å². The topological polar surface area (TPSA) is 25.2 Å². The molecule has 0 saturated carbocycles. The van der Waals surface area contributed by atoms with Gasteiger partial charge in [-0.1, -0.05) is 24.3 Å². The van der Waals surface area contributed by atoms with Crippen LogP contribution in [-0.4, -0.2) is 6.54 Å². The van der Waals surface area contributed by atoms with E-state index in [9.17, 15) is 0 Å². The van der Waals surface area contributed by atoms with Gasteiger partial charge in [0.05, 0.1) is 6.26 Å². The number of nitrogens with one attached hydrogen (secondary N) is 1.